The molecule has 1 rings (SSSR count). The lowest BCUT2D eigenvalue weighted by Crippen LogP contribution is -2.15. The van der Waals surface area contributed by atoms with E-state index in [1.165, 1.54) is 19.3 Å². The van der Waals surface area contributed by atoms with E-state index in [4.69, 9.17) is 5.73 Å². The fourth-order valence-corrected chi connectivity index (χ4v) is 1.89. The van der Waals surface area contributed by atoms with Crippen LogP contribution in [0.3, 0.4) is 0 Å². The van der Waals surface area contributed by atoms with Crippen molar-refractivity contribution in [2.24, 2.45) is 17.6 Å². The average molecular weight is 167 g/mol. The number of hydrogen-bond donors (Lipinski definition) is 1. The zero-order chi connectivity index (χ0) is 8.97. The number of allylic oxidation sites excluding steroid dienone is 1. The average Bonchev–Trinajstić information content (AvgIpc) is 2.07. The number of nitrogens with two attached hydrogens (primary N) is 1. The quantitative estimate of drug-likeness (QED) is 0.629. The van der Waals surface area contributed by atoms with Crippen molar-refractivity contribution in [1.82, 2.24) is 0 Å². The summed E-state index contributed by atoms with van der Waals surface area (Å²) in [4.78, 5) is 0. The zero-order valence-corrected chi connectivity index (χ0v) is 8.34. The second kappa shape index (κ2) is 4.66. The molecule has 1 aliphatic rings. The molecule has 0 aliphatic heterocycles. The molecule has 2 N–H and O–H groups in total. The second-order valence-corrected chi connectivity index (χ2v) is 4.14. The molecule has 1 nitrogen and oxygen atoms in total. The van der Waals surface area contributed by atoms with Crippen LogP contribution in [0.5, 0.6) is 0 Å². The zero-order valence-electron chi connectivity index (χ0n) is 8.34. The fraction of sp³-hybridized carbons (Fsp3) is 0.818. The van der Waals surface area contributed by atoms with Gasteiger partial charge in [0.2, 0.25) is 0 Å². The first-order valence-corrected chi connectivity index (χ1v) is 5.12. The van der Waals surface area contributed by atoms with Crippen molar-refractivity contribution in [2.45, 2.75) is 39.5 Å². The van der Waals surface area contributed by atoms with Gasteiger partial charge in [-0.2, -0.15) is 0 Å². The molecule has 0 amide bonds. The van der Waals surface area contributed by atoms with Gasteiger partial charge in [-0.15, -0.1) is 0 Å². The van der Waals surface area contributed by atoms with Crippen LogP contribution in [0.15, 0.2) is 11.6 Å². The van der Waals surface area contributed by atoms with Gasteiger partial charge in [0.25, 0.3) is 0 Å². The lowest BCUT2D eigenvalue weighted by atomic mass is 9.79. The third-order valence-electron chi connectivity index (χ3n) is 3.08. The summed E-state index contributed by atoms with van der Waals surface area (Å²) in [5.74, 6) is 1.79. The summed E-state index contributed by atoms with van der Waals surface area (Å²) < 4.78 is 0. The van der Waals surface area contributed by atoms with Crippen LogP contribution in [0.1, 0.15) is 39.5 Å². The largest absolute Gasteiger partial charge is 0.330 e. The van der Waals surface area contributed by atoms with Crippen molar-refractivity contribution in [3.63, 3.8) is 0 Å². The molecule has 0 spiro atoms. The lowest BCUT2D eigenvalue weighted by Gasteiger charge is -2.27. The smallest absolute Gasteiger partial charge is 0.00425 e. The molecule has 70 valence electrons. The summed E-state index contributed by atoms with van der Waals surface area (Å²) in [6.07, 6.45) is 7.41. The van der Waals surface area contributed by atoms with Crippen LogP contribution in [0.2, 0.25) is 0 Å². The fourth-order valence-electron chi connectivity index (χ4n) is 1.89. The Morgan fingerprint density at radius 2 is 2.17 bits per heavy atom. The molecule has 1 saturated carbocycles. The van der Waals surface area contributed by atoms with Gasteiger partial charge in [0.15, 0.2) is 0 Å². The molecule has 1 aliphatic carbocycles. The molecular weight excluding hydrogens is 146 g/mol. The Kier molecular flexibility index (Phi) is 3.80. The molecule has 0 heterocycles. The van der Waals surface area contributed by atoms with E-state index in [-0.39, 0.29) is 0 Å². The van der Waals surface area contributed by atoms with Gasteiger partial charge in [-0.05, 0) is 44.1 Å². The summed E-state index contributed by atoms with van der Waals surface area (Å²) in [5, 5.41) is 0. The van der Waals surface area contributed by atoms with E-state index >= 15 is 0 Å². The molecule has 0 aromatic heterocycles. The maximum absolute atomic E-state index is 5.46. The minimum atomic E-state index is 0.799. The Morgan fingerprint density at radius 3 is 2.75 bits per heavy atom. The predicted octanol–water partition coefficient (Wildman–Crippen LogP) is 2.72. The molecular formula is C11H21N. The van der Waals surface area contributed by atoms with Gasteiger partial charge in [-0.1, -0.05) is 25.5 Å². The molecule has 2 unspecified atom stereocenters. The minimum Gasteiger partial charge on any atom is -0.330 e. The molecule has 0 aromatic carbocycles. The first kappa shape index (κ1) is 9.79. The van der Waals surface area contributed by atoms with Crippen LogP contribution in [0, 0.1) is 11.8 Å². The standard InChI is InChI=1S/C11H21N/c1-9-5-6-11(4-3-7-12)8-10(9)2/h4,9-10H,3,5-8,12H2,1-2H3. The monoisotopic (exact) mass is 167 g/mol. The molecule has 0 radical (unpaired) electrons. The van der Waals surface area contributed by atoms with E-state index < -0.39 is 0 Å². The lowest BCUT2D eigenvalue weighted by molar-refractivity contribution is 0.322. The van der Waals surface area contributed by atoms with Crippen molar-refractivity contribution in [3.8, 4) is 0 Å². The Balaban J connectivity index is 2.39. The molecule has 1 fully saturated rings. The highest BCUT2D eigenvalue weighted by Crippen LogP contribution is 2.32. The maximum atomic E-state index is 5.46. The van der Waals surface area contributed by atoms with Crippen molar-refractivity contribution >= 4 is 0 Å². The Morgan fingerprint density at radius 1 is 1.42 bits per heavy atom. The number of rotatable bonds is 2. The van der Waals surface area contributed by atoms with E-state index in [9.17, 15) is 0 Å². The highest BCUT2D eigenvalue weighted by molar-refractivity contribution is 5.06. The first-order chi connectivity index (χ1) is 5.74. The van der Waals surface area contributed by atoms with Crippen molar-refractivity contribution in [3.05, 3.63) is 11.6 Å². The molecule has 12 heavy (non-hydrogen) atoms. The molecule has 0 aromatic rings. The predicted molar refractivity (Wildman–Crippen MR) is 53.9 cm³/mol. The van der Waals surface area contributed by atoms with Crippen LogP contribution >= 0.6 is 0 Å². The van der Waals surface area contributed by atoms with Crippen LogP contribution in [-0.2, 0) is 0 Å². The number of hydrogen-bond acceptors (Lipinski definition) is 1. The van der Waals surface area contributed by atoms with E-state index in [0.717, 1.165) is 24.8 Å². The maximum Gasteiger partial charge on any atom is -0.00425 e. The third-order valence-corrected chi connectivity index (χ3v) is 3.08. The van der Waals surface area contributed by atoms with Gasteiger partial charge >= 0.3 is 0 Å². The van der Waals surface area contributed by atoms with E-state index in [1.54, 1.807) is 5.57 Å². The summed E-state index contributed by atoms with van der Waals surface area (Å²) in [6.45, 7) is 5.53. The highest BCUT2D eigenvalue weighted by atomic mass is 14.5. The van der Waals surface area contributed by atoms with E-state index in [2.05, 4.69) is 19.9 Å². The summed E-state index contributed by atoms with van der Waals surface area (Å²) >= 11 is 0. The molecule has 0 bridgehead atoms. The Bertz CT molecular complexity index is 160. The van der Waals surface area contributed by atoms with E-state index in [1.807, 2.05) is 0 Å². The minimum absolute atomic E-state index is 0.799. The van der Waals surface area contributed by atoms with E-state index in [0.29, 0.717) is 0 Å². The van der Waals surface area contributed by atoms with Gasteiger partial charge in [0.05, 0.1) is 0 Å². The normalized spacial score (nSPS) is 34.1. The topological polar surface area (TPSA) is 26.0 Å². The summed E-state index contributed by atoms with van der Waals surface area (Å²) in [7, 11) is 0. The van der Waals surface area contributed by atoms with Gasteiger partial charge in [-0.25, -0.2) is 0 Å². The van der Waals surface area contributed by atoms with Crippen molar-refractivity contribution < 1.29 is 0 Å². The summed E-state index contributed by atoms with van der Waals surface area (Å²) in [6, 6.07) is 0. The van der Waals surface area contributed by atoms with Crippen LogP contribution in [0.25, 0.3) is 0 Å². The van der Waals surface area contributed by atoms with Crippen molar-refractivity contribution in [1.29, 1.82) is 0 Å². The van der Waals surface area contributed by atoms with Gasteiger partial charge in [-0.3, -0.25) is 0 Å². The summed E-state index contributed by atoms with van der Waals surface area (Å²) in [5.41, 5.74) is 7.11. The Hall–Kier alpha value is -0.300. The highest BCUT2D eigenvalue weighted by Gasteiger charge is 2.19. The second-order valence-electron chi connectivity index (χ2n) is 4.14. The molecule has 1 heteroatoms. The van der Waals surface area contributed by atoms with Crippen LogP contribution in [-0.4, -0.2) is 6.54 Å². The SMILES string of the molecule is CC1CCC(=CCCN)CC1C. The van der Waals surface area contributed by atoms with Crippen LogP contribution in [0.4, 0.5) is 0 Å². The third kappa shape index (κ3) is 2.63. The van der Waals surface area contributed by atoms with Crippen molar-refractivity contribution in [2.75, 3.05) is 6.54 Å². The van der Waals surface area contributed by atoms with Crippen LogP contribution < -0.4 is 5.73 Å². The van der Waals surface area contributed by atoms with Gasteiger partial charge < -0.3 is 5.73 Å². The van der Waals surface area contributed by atoms with Gasteiger partial charge in [0.1, 0.15) is 0 Å². The molecule has 2 atom stereocenters. The molecule has 0 saturated heterocycles. The first-order valence-electron chi connectivity index (χ1n) is 5.12. The Labute approximate surface area is 76.0 Å². The van der Waals surface area contributed by atoms with Gasteiger partial charge in [0, 0.05) is 0 Å².